The Kier molecular flexibility index (Phi) is 7.63. The van der Waals surface area contributed by atoms with Crippen LogP contribution in [0.25, 0.3) is 43.5 Å². The molecule has 1 heterocycles. The second-order valence-corrected chi connectivity index (χ2v) is 16.0. The van der Waals surface area contributed by atoms with E-state index in [1.807, 2.05) is 72.8 Å². The number of fused-ring (bicyclic) bond motifs is 3. The van der Waals surface area contributed by atoms with Crippen LogP contribution in [0.15, 0.2) is 170 Å². The zero-order valence-electron chi connectivity index (χ0n) is 27.0. The first kappa shape index (κ1) is 30.4. The topological polar surface area (TPSA) is 56.9 Å². The van der Waals surface area contributed by atoms with E-state index in [-0.39, 0.29) is 0 Å². The van der Waals surface area contributed by atoms with Crippen LogP contribution in [0.3, 0.4) is 0 Å². The van der Waals surface area contributed by atoms with E-state index in [0.717, 1.165) is 32.7 Å². The van der Waals surface area contributed by atoms with Gasteiger partial charge < -0.3 is 4.57 Å². The molecule has 7 aromatic carbocycles. The van der Waals surface area contributed by atoms with E-state index in [9.17, 15) is 10.5 Å². The zero-order valence-corrected chi connectivity index (χ0v) is 28.0. The van der Waals surface area contributed by atoms with E-state index in [1.54, 1.807) is 0 Å². The Morgan fingerprint density at radius 2 is 1.08 bits per heavy atom. The number of nitriles is 2. The summed E-state index contributed by atoms with van der Waals surface area (Å²) in [4.78, 5) is 3.68. The highest BCUT2D eigenvalue weighted by Gasteiger charge is 2.41. The molecule has 0 aliphatic rings. The third kappa shape index (κ3) is 4.72. The molecule has 0 radical (unpaired) electrons. The summed E-state index contributed by atoms with van der Waals surface area (Å²) in [5.41, 5.74) is 5.62. The Balaban J connectivity index is 1.43. The average Bonchev–Trinajstić information content (AvgIpc) is 3.52. The Hall–Kier alpha value is -6.97. The molecule has 0 aliphatic heterocycles. The van der Waals surface area contributed by atoms with Crippen molar-refractivity contribution in [1.29, 1.82) is 10.5 Å². The maximum Gasteiger partial charge on any atom is 0.188 e. The molecule has 0 saturated heterocycles. The van der Waals surface area contributed by atoms with E-state index < -0.39 is 8.07 Å². The Bertz CT molecular complexity index is 2580. The monoisotopic (exact) mass is 652 g/mol. The molecule has 0 atom stereocenters. The fourth-order valence-corrected chi connectivity index (χ4v) is 12.3. The highest BCUT2D eigenvalue weighted by atomic mass is 28.3. The van der Waals surface area contributed by atoms with Gasteiger partial charge in [-0.05, 0) is 62.5 Å². The van der Waals surface area contributed by atoms with Gasteiger partial charge in [-0.3, -0.25) is 0 Å². The second kappa shape index (κ2) is 12.6. The number of aromatic nitrogens is 1. The number of nitrogens with zero attached hydrogens (tertiary/aromatic N) is 4. The molecule has 50 heavy (non-hydrogen) atoms. The van der Waals surface area contributed by atoms with Gasteiger partial charge in [0.05, 0.1) is 46.6 Å². The number of rotatable bonds is 6. The van der Waals surface area contributed by atoms with Crippen molar-refractivity contribution in [2.75, 3.05) is 0 Å². The molecule has 4 nitrogen and oxygen atoms in total. The number of hydrogen-bond donors (Lipinski definition) is 0. The van der Waals surface area contributed by atoms with Crippen molar-refractivity contribution < 1.29 is 0 Å². The molecule has 1 aromatic heterocycles. The molecular weight excluding hydrogens is 625 g/mol. The quantitative estimate of drug-likeness (QED) is 0.104. The maximum absolute atomic E-state index is 10.9. The summed E-state index contributed by atoms with van der Waals surface area (Å²) in [6.45, 7) is 7.62. The summed E-state index contributed by atoms with van der Waals surface area (Å²) in [6, 6.07) is 62.7. The second-order valence-electron chi connectivity index (χ2n) is 12.2. The minimum Gasteiger partial charge on any atom is -0.309 e. The normalized spacial score (nSPS) is 11.1. The van der Waals surface area contributed by atoms with Crippen molar-refractivity contribution in [1.82, 2.24) is 4.57 Å². The van der Waals surface area contributed by atoms with Crippen LogP contribution < -0.4 is 20.7 Å². The van der Waals surface area contributed by atoms with Crippen LogP contribution in [0.1, 0.15) is 11.1 Å². The lowest BCUT2D eigenvalue weighted by atomic mass is 9.94. The summed E-state index contributed by atoms with van der Waals surface area (Å²) >= 11 is 0. The Morgan fingerprint density at radius 1 is 0.500 bits per heavy atom. The molecule has 5 heteroatoms. The van der Waals surface area contributed by atoms with Crippen LogP contribution >= 0.6 is 0 Å². The SMILES string of the molecule is [C-]#[N+]c1ccc2c(c1)c1ccccc1n2-c1cccc(C#N)c1-c1ccc([Si](c2ccccc2)(c2ccccc2)c2ccccc2)cc1C#N. The molecule has 8 aromatic rings. The Labute approximate surface area is 291 Å². The van der Waals surface area contributed by atoms with Crippen molar-refractivity contribution in [2.45, 2.75) is 0 Å². The lowest BCUT2D eigenvalue weighted by Gasteiger charge is -2.34. The first-order chi connectivity index (χ1) is 24.7. The summed E-state index contributed by atoms with van der Waals surface area (Å²) in [5.74, 6) is 0. The van der Waals surface area contributed by atoms with Gasteiger partial charge in [0.25, 0.3) is 0 Å². The van der Waals surface area contributed by atoms with Crippen LogP contribution in [-0.2, 0) is 0 Å². The van der Waals surface area contributed by atoms with Crippen LogP contribution in [-0.4, -0.2) is 12.6 Å². The molecule has 0 N–H and O–H groups in total. The minimum atomic E-state index is -2.89. The predicted octanol–water partition coefficient (Wildman–Crippen LogP) is 8.12. The summed E-state index contributed by atoms with van der Waals surface area (Å²) in [6.07, 6.45) is 0. The highest BCUT2D eigenvalue weighted by Crippen LogP contribution is 2.39. The van der Waals surface area contributed by atoms with E-state index in [4.69, 9.17) is 6.57 Å². The van der Waals surface area contributed by atoms with Gasteiger partial charge in [0.2, 0.25) is 0 Å². The first-order valence-electron chi connectivity index (χ1n) is 16.3. The van der Waals surface area contributed by atoms with Gasteiger partial charge in [-0.2, -0.15) is 10.5 Å². The van der Waals surface area contributed by atoms with Gasteiger partial charge in [0.15, 0.2) is 13.8 Å². The van der Waals surface area contributed by atoms with E-state index in [0.29, 0.717) is 27.9 Å². The van der Waals surface area contributed by atoms with Crippen molar-refractivity contribution in [3.63, 3.8) is 0 Å². The largest absolute Gasteiger partial charge is 0.309 e. The van der Waals surface area contributed by atoms with Gasteiger partial charge in [0.1, 0.15) is 0 Å². The van der Waals surface area contributed by atoms with Gasteiger partial charge in [-0.1, -0.05) is 133 Å². The molecule has 0 amide bonds. The molecule has 0 bridgehead atoms. The fourth-order valence-electron chi connectivity index (χ4n) is 7.55. The van der Waals surface area contributed by atoms with E-state index in [2.05, 4.69) is 119 Å². The smallest absolute Gasteiger partial charge is 0.188 e. The number of benzene rings is 7. The van der Waals surface area contributed by atoms with Crippen LogP contribution in [0.5, 0.6) is 0 Å². The molecule has 0 saturated carbocycles. The van der Waals surface area contributed by atoms with Gasteiger partial charge in [0, 0.05) is 16.5 Å². The van der Waals surface area contributed by atoms with E-state index >= 15 is 0 Å². The van der Waals surface area contributed by atoms with Crippen LogP contribution in [0.4, 0.5) is 5.69 Å². The van der Waals surface area contributed by atoms with Crippen LogP contribution in [0.2, 0.25) is 0 Å². The maximum atomic E-state index is 10.9. The molecule has 0 fully saturated rings. The third-order valence-electron chi connectivity index (χ3n) is 9.65. The number of hydrogen-bond acceptors (Lipinski definition) is 2. The predicted molar refractivity (Wildman–Crippen MR) is 206 cm³/mol. The zero-order chi connectivity index (χ0) is 34.1. The third-order valence-corrected chi connectivity index (χ3v) is 14.4. The fraction of sp³-hybridized carbons (Fsp3) is 0. The van der Waals surface area contributed by atoms with Crippen molar-refractivity contribution >= 4 is 56.3 Å². The molecule has 8 rings (SSSR count). The average molecular weight is 653 g/mol. The van der Waals surface area contributed by atoms with Crippen molar-refractivity contribution in [2.24, 2.45) is 0 Å². The standard InChI is InChI=1S/C45H28N4Si/c1-48-34-24-27-43-41(29-34)40-21-11-12-22-42(40)49(43)44-23-13-14-32(30-46)45(44)39-26-25-38(28-33(39)31-47)50(35-15-5-2-6-16-35,36-17-7-3-8-18-36)37-19-9-4-10-20-37/h2-29H. The minimum absolute atomic E-state index is 0.480. The van der Waals surface area contributed by atoms with Crippen molar-refractivity contribution in [3.8, 4) is 29.0 Å². The molecular formula is C45H28N4Si. The lowest BCUT2D eigenvalue weighted by molar-refractivity contribution is 1.18. The summed E-state index contributed by atoms with van der Waals surface area (Å²) in [7, 11) is -2.89. The van der Waals surface area contributed by atoms with Crippen molar-refractivity contribution in [3.05, 3.63) is 192 Å². The number of para-hydroxylation sites is 1. The first-order valence-corrected chi connectivity index (χ1v) is 18.3. The van der Waals surface area contributed by atoms with E-state index in [1.165, 1.54) is 15.6 Å². The molecule has 0 aliphatic carbocycles. The lowest BCUT2D eigenvalue weighted by Crippen LogP contribution is -2.74. The van der Waals surface area contributed by atoms with Gasteiger partial charge in [-0.15, -0.1) is 0 Å². The molecule has 0 unspecified atom stereocenters. The van der Waals surface area contributed by atoms with Gasteiger partial charge in [-0.25, -0.2) is 4.85 Å². The summed E-state index contributed by atoms with van der Waals surface area (Å²) in [5, 5.41) is 28.2. The van der Waals surface area contributed by atoms with Gasteiger partial charge >= 0.3 is 0 Å². The summed E-state index contributed by atoms with van der Waals surface area (Å²) < 4.78 is 2.15. The Morgan fingerprint density at radius 3 is 1.68 bits per heavy atom. The molecule has 232 valence electrons. The molecule has 0 spiro atoms. The highest BCUT2D eigenvalue weighted by molar-refractivity contribution is 7.19. The van der Waals surface area contributed by atoms with Crippen LogP contribution in [0, 0.1) is 29.2 Å².